The highest BCUT2D eigenvalue weighted by atomic mass is 32.2. The van der Waals surface area contributed by atoms with E-state index in [2.05, 4.69) is 20.2 Å². The highest BCUT2D eigenvalue weighted by Gasteiger charge is 2.37. The van der Waals surface area contributed by atoms with Crippen LogP contribution in [-0.2, 0) is 20.3 Å². The van der Waals surface area contributed by atoms with Crippen LogP contribution in [0.5, 0.6) is 11.5 Å². The summed E-state index contributed by atoms with van der Waals surface area (Å²) >= 11 is 0. The Morgan fingerprint density at radius 2 is 1.68 bits per heavy atom. The van der Waals surface area contributed by atoms with Crippen molar-refractivity contribution in [3.05, 3.63) is 53.6 Å². The number of rotatable bonds is 10. The first-order valence-corrected chi connectivity index (χ1v) is 12.7. The summed E-state index contributed by atoms with van der Waals surface area (Å²) in [7, 11) is 0.814. The third kappa shape index (κ3) is 4.62. The molecule has 182 valence electrons. The fourth-order valence-corrected chi connectivity index (χ4v) is 5.30. The smallest absolute Gasteiger partial charge is 0.163 e. The van der Waals surface area contributed by atoms with Crippen molar-refractivity contribution in [1.29, 1.82) is 0 Å². The molecule has 34 heavy (non-hydrogen) atoms. The van der Waals surface area contributed by atoms with E-state index in [1.165, 1.54) is 7.11 Å². The van der Waals surface area contributed by atoms with Crippen molar-refractivity contribution in [1.82, 2.24) is 24.7 Å². The zero-order valence-electron chi connectivity index (χ0n) is 19.9. The van der Waals surface area contributed by atoms with Crippen molar-refractivity contribution in [3.63, 3.8) is 0 Å². The molecule has 1 aliphatic carbocycles. The Kier molecular flexibility index (Phi) is 6.85. The molecular weight excluding hydrogens is 458 g/mol. The van der Waals surface area contributed by atoms with Crippen molar-refractivity contribution in [2.45, 2.75) is 49.7 Å². The summed E-state index contributed by atoms with van der Waals surface area (Å²) in [6, 6.07) is 5.40. The summed E-state index contributed by atoms with van der Waals surface area (Å²) in [5.74, 6) is 2.24. The minimum Gasteiger partial charge on any atom is -0.494 e. The number of aromatic nitrogens is 5. The minimum atomic E-state index is -3.75. The number of sulfone groups is 1. The number of ether oxygens (including phenoxy) is 3. The van der Waals surface area contributed by atoms with E-state index in [1.807, 2.05) is 13.0 Å². The van der Waals surface area contributed by atoms with Crippen LogP contribution >= 0.6 is 0 Å². The third-order valence-corrected chi connectivity index (χ3v) is 8.00. The molecule has 1 saturated carbocycles. The lowest BCUT2D eigenvalue weighted by Crippen LogP contribution is -2.30. The van der Waals surface area contributed by atoms with E-state index in [0.29, 0.717) is 28.8 Å². The number of nitrogens with zero attached hydrogens (tertiary/aromatic N) is 5. The topological polar surface area (TPSA) is 118 Å². The van der Waals surface area contributed by atoms with Gasteiger partial charge in [-0.1, -0.05) is 6.07 Å². The molecule has 1 aromatic carbocycles. The number of benzene rings is 1. The quantitative estimate of drug-likeness (QED) is 0.425. The first kappa shape index (κ1) is 24.1. The Hall–Kier alpha value is -3.05. The van der Waals surface area contributed by atoms with Crippen LogP contribution in [0.25, 0.3) is 5.69 Å². The van der Waals surface area contributed by atoms with E-state index in [9.17, 15) is 8.42 Å². The van der Waals surface area contributed by atoms with Crippen LogP contribution in [-0.4, -0.2) is 59.7 Å². The van der Waals surface area contributed by atoms with Crippen molar-refractivity contribution in [2.24, 2.45) is 0 Å². The number of hydrogen-bond acceptors (Lipinski definition) is 9. The lowest BCUT2D eigenvalue weighted by atomic mass is 10.2. The summed E-state index contributed by atoms with van der Waals surface area (Å²) in [5, 5.41) is 7.73. The zero-order valence-corrected chi connectivity index (χ0v) is 20.7. The van der Waals surface area contributed by atoms with Crippen LogP contribution in [0.4, 0.5) is 0 Å². The van der Waals surface area contributed by atoms with E-state index in [1.54, 1.807) is 50.2 Å². The van der Waals surface area contributed by atoms with Crippen LogP contribution in [0, 0.1) is 6.92 Å². The summed E-state index contributed by atoms with van der Waals surface area (Å²) in [6.07, 6.45) is 4.39. The van der Waals surface area contributed by atoms with Crippen LogP contribution in [0.15, 0.2) is 30.6 Å². The van der Waals surface area contributed by atoms with Crippen molar-refractivity contribution < 1.29 is 22.6 Å². The largest absolute Gasteiger partial charge is 0.494 e. The number of methoxy groups -OCH3 is 3. The van der Waals surface area contributed by atoms with Gasteiger partial charge < -0.3 is 14.2 Å². The van der Waals surface area contributed by atoms with E-state index in [-0.39, 0.29) is 17.5 Å². The van der Waals surface area contributed by atoms with Gasteiger partial charge in [-0.2, -0.15) is 0 Å². The van der Waals surface area contributed by atoms with E-state index in [4.69, 9.17) is 14.2 Å². The second-order valence-electron chi connectivity index (χ2n) is 8.38. The predicted molar refractivity (Wildman–Crippen MR) is 125 cm³/mol. The van der Waals surface area contributed by atoms with Gasteiger partial charge in [-0.3, -0.25) is 4.57 Å². The van der Waals surface area contributed by atoms with Gasteiger partial charge in [-0.15, -0.1) is 10.2 Å². The van der Waals surface area contributed by atoms with Crippen molar-refractivity contribution in [3.8, 4) is 17.2 Å². The van der Waals surface area contributed by atoms with Crippen LogP contribution in [0.1, 0.15) is 54.8 Å². The number of hydrogen-bond donors (Lipinski definition) is 0. The van der Waals surface area contributed by atoms with Gasteiger partial charge in [-0.05, 0) is 44.4 Å². The minimum absolute atomic E-state index is 0.212. The normalized spacial score (nSPS) is 15.7. The lowest BCUT2D eigenvalue weighted by Gasteiger charge is -2.22. The second kappa shape index (κ2) is 9.67. The van der Waals surface area contributed by atoms with Gasteiger partial charge in [0.15, 0.2) is 21.5 Å². The van der Waals surface area contributed by atoms with Crippen molar-refractivity contribution in [2.75, 3.05) is 21.3 Å². The molecule has 0 amide bonds. The highest BCUT2D eigenvalue weighted by Crippen LogP contribution is 2.43. The first-order valence-electron chi connectivity index (χ1n) is 11.0. The Morgan fingerprint density at radius 3 is 2.21 bits per heavy atom. The third-order valence-electron chi connectivity index (χ3n) is 5.96. The molecule has 0 radical (unpaired) electrons. The molecule has 4 rings (SSSR count). The monoisotopic (exact) mass is 487 g/mol. The molecule has 0 N–H and O–H groups in total. The van der Waals surface area contributed by atoms with E-state index in [0.717, 1.165) is 18.4 Å². The molecule has 3 aromatic rings. The van der Waals surface area contributed by atoms with Gasteiger partial charge in [0.05, 0.1) is 19.5 Å². The maximum Gasteiger partial charge on any atom is 0.163 e. The van der Waals surface area contributed by atoms with Crippen molar-refractivity contribution >= 4 is 9.84 Å². The van der Waals surface area contributed by atoms with E-state index < -0.39 is 21.2 Å². The summed E-state index contributed by atoms with van der Waals surface area (Å²) < 4.78 is 45.5. The Balaban J connectivity index is 1.74. The summed E-state index contributed by atoms with van der Waals surface area (Å²) in [4.78, 5) is 8.54. The average molecular weight is 488 g/mol. The molecule has 10 nitrogen and oxygen atoms in total. The van der Waals surface area contributed by atoms with Crippen LogP contribution in [0.2, 0.25) is 0 Å². The molecule has 2 atom stereocenters. The lowest BCUT2D eigenvalue weighted by molar-refractivity contribution is 0.0947. The Morgan fingerprint density at radius 1 is 1.06 bits per heavy atom. The molecule has 0 saturated heterocycles. The first-order chi connectivity index (χ1) is 16.3. The molecule has 2 heterocycles. The standard InChI is InChI=1S/C23H29N5O5S/c1-14-11-24-22(25-12-14)21(33-5)15(2)34(29,30)13-19-26-27-23(16-9-10-16)28(19)20-17(31-3)7-6-8-18(20)32-4/h6-8,11-12,15-16,21H,9-10,13H2,1-5H3/t15-,21-/m0/s1. The average Bonchev–Trinajstić information content (AvgIpc) is 3.60. The molecule has 0 aliphatic heterocycles. The Labute approximate surface area is 199 Å². The molecule has 0 bridgehead atoms. The molecule has 2 aromatic heterocycles. The molecule has 0 spiro atoms. The van der Waals surface area contributed by atoms with Crippen LogP contribution < -0.4 is 9.47 Å². The van der Waals surface area contributed by atoms with Gasteiger partial charge >= 0.3 is 0 Å². The zero-order chi connectivity index (χ0) is 24.5. The molecule has 1 fully saturated rings. The summed E-state index contributed by atoms with van der Waals surface area (Å²) in [6.45, 7) is 3.46. The maximum absolute atomic E-state index is 13.5. The van der Waals surface area contributed by atoms with Crippen LogP contribution in [0.3, 0.4) is 0 Å². The maximum atomic E-state index is 13.5. The summed E-state index contributed by atoms with van der Waals surface area (Å²) in [5.41, 5.74) is 1.46. The van der Waals surface area contributed by atoms with Gasteiger partial charge in [0.25, 0.3) is 0 Å². The van der Waals surface area contributed by atoms with Gasteiger partial charge in [0, 0.05) is 25.4 Å². The fraction of sp³-hybridized carbons (Fsp3) is 0.478. The fourth-order valence-electron chi connectivity index (χ4n) is 3.88. The molecular formula is C23H29N5O5S. The molecule has 1 aliphatic rings. The Bertz CT molecular complexity index is 1230. The second-order valence-corrected chi connectivity index (χ2v) is 10.7. The van der Waals surface area contributed by atoms with Gasteiger partial charge in [0.2, 0.25) is 0 Å². The van der Waals surface area contributed by atoms with E-state index >= 15 is 0 Å². The SMILES string of the molecule is COc1cccc(OC)c1-n1c(CS(=O)(=O)[C@@H](C)[C@H](OC)c2ncc(C)cn2)nnc1C1CC1. The number of aryl methyl sites for hydroxylation is 1. The van der Waals surface area contributed by atoms with Gasteiger partial charge in [-0.25, -0.2) is 18.4 Å². The highest BCUT2D eigenvalue weighted by molar-refractivity contribution is 7.91. The van der Waals surface area contributed by atoms with Gasteiger partial charge in [0.1, 0.15) is 34.9 Å². The number of para-hydroxylation sites is 1. The molecule has 0 unspecified atom stereocenters. The molecule has 11 heteroatoms. The predicted octanol–water partition coefficient (Wildman–Crippen LogP) is 2.95.